The molecular formula is C12H12N2O2. The molecule has 16 heavy (non-hydrogen) atoms. The Bertz CT molecular complexity index is 568. The first kappa shape index (κ1) is 10.4. The highest BCUT2D eigenvalue weighted by Gasteiger charge is 2.03. The molecule has 0 spiro atoms. The number of nitrogens with zero attached hydrogens (tertiary/aromatic N) is 2. The molecule has 0 aliphatic rings. The molecule has 82 valence electrons. The van der Waals surface area contributed by atoms with Crippen LogP contribution in [-0.4, -0.2) is 14.9 Å². The molecule has 0 aliphatic heterocycles. The van der Waals surface area contributed by atoms with Crippen molar-refractivity contribution in [3.8, 4) is 11.4 Å². The van der Waals surface area contributed by atoms with Gasteiger partial charge >= 0.3 is 0 Å². The summed E-state index contributed by atoms with van der Waals surface area (Å²) in [5.41, 5.74) is 2.50. The largest absolute Gasteiger partial charge is 0.506 e. The van der Waals surface area contributed by atoms with E-state index >= 15 is 0 Å². The maximum absolute atomic E-state index is 11.6. The minimum atomic E-state index is -0.343. The Morgan fingerprint density at radius 1 is 1.12 bits per heavy atom. The molecule has 2 rings (SSSR count). The van der Waals surface area contributed by atoms with E-state index in [-0.39, 0.29) is 11.3 Å². The van der Waals surface area contributed by atoms with Gasteiger partial charge in [0.15, 0.2) is 0 Å². The average Bonchev–Trinajstić information content (AvgIpc) is 2.15. The summed E-state index contributed by atoms with van der Waals surface area (Å²) in [6.45, 7) is 3.92. The van der Waals surface area contributed by atoms with E-state index in [1.54, 1.807) is 0 Å². The van der Waals surface area contributed by atoms with Gasteiger partial charge in [-0.1, -0.05) is 6.07 Å². The summed E-state index contributed by atoms with van der Waals surface area (Å²) in [4.78, 5) is 11.6. The van der Waals surface area contributed by atoms with Gasteiger partial charge in [0.05, 0.1) is 11.9 Å². The van der Waals surface area contributed by atoms with Crippen molar-refractivity contribution in [3.05, 3.63) is 51.9 Å². The summed E-state index contributed by atoms with van der Waals surface area (Å²) in [5, 5.41) is 13.0. The maximum Gasteiger partial charge on any atom is 0.275 e. The molecule has 0 unspecified atom stereocenters. The smallest absolute Gasteiger partial charge is 0.275 e. The lowest BCUT2D eigenvalue weighted by Gasteiger charge is -2.06. The monoisotopic (exact) mass is 216 g/mol. The van der Waals surface area contributed by atoms with Crippen LogP contribution in [0.3, 0.4) is 0 Å². The quantitative estimate of drug-likeness (QED) is 0.787. The molecule has 4 nitrogen and oxygen atoms in total. The fourth-order valence-corrected chi connectivity index (χ4v) is 1.67. The standard InChI is InChI=1S/C12H12N2O2/c1-8-3-9(2)5-10(4-8)14-12(16)6-11(15)7-13-14/h3-7,15H,1-2H3. The van der Waals surface area contributed by atoms with Crippen molar-refractivity contribution in [1.82, 2.24) is 9.78 Å². The molecule has 0 saturated carbocycles. The number of hydrogen-bond donors (Lipinski definition) is 1. The molecular weight excluding hydrogens is 204 g/mol. The zero-order valence-corrected chi connectivity index (χ0v) is 9.14. The number of benzene rings is 1. The van der Waals surface area contributed by atoms with Crippen LogP contribution < -0.4 is 5.56 Å². The first-order valence-electron chi connectivity index (χ1n) is 4.93. The lowest BCUT2D eigenvalue weighted by atomic mass is 10.1. The summed E-state index contributed by atoms with van der Waals surface area (Å²) in [6, 6.07) is 6.91. The molecule has 1 N–H and O–H groups in total. The Kier molecular flexibility index (Phi) is 2.48. The van der Waals surface area contributed by atoms with Crippen molar-refractivity contribution in [3.63, 3.8) is 0 Å². The summed E-state index contributed by atoms with van der Waals surface area (Å²) in [7, 11) is 0. The average molecular weight is 216 g/mol. The number of aromatic nitrogens is 2. The van der Waals surface area contributed by atoms with Crippen molar-refractivity contribution >= 4 is 0 Å². The van der Waals surface area contributed by atoms with E-state index in [4.69, 9.17) is 5.11 Å². The first-order chi connectivity index (χ1) is 7.56. The molecule has 0 fully saturated rings. The number of rotatable bonds is 1. The van der Waals surface area contributed by atoms with Crippen LogP contribution in [0.4, 0.5) is 0 Å². The van der Waals surface area contributed by atoms with Crippen molar-refractivity contribution in [2.45, 2.75) is 13.8 Å². The Balaban J connectivity index is 2.63. The molecule has 1 aromatic heterocycles. The number of aryl methyl sites for hydroxylation is 2. The Hall–Kier alpha value is -2.10. The van der Waals surface area contributed by atoms with Crippen LogP contribution in [0.5, 0.6) is 5.75 Å². The maximum atomic E-state index is 11.6. The van der Waals surface area contributed by atoms with Gasteiger partial charge in [0, 0.05) is 6.07 Å². The van der Waals surface area contributed by atoms with Crippen LogP contribution >= 0.6 is 0 Å². The first-order valence-corrected chi connectivity index (χ1v) is 4.93. The van der Waals surface area contributed by atoms with Gasteiger partial charge in [-0.05, 0) is 37.1 Å². The van der Waals surface area contributed by atoms with Crippen LogP contribution in [0.15, 0.2) is 35.3 Å². The third kappa shape index (κ3) is 1.95. The fourth-order valence-electron chi connectivity index (χ4n) is 1.67. The molecule has 0 radical (unpaired) electrons. The van der Waals surface area contributed by atoms with Gasteiger partial charge < -0.3 is 5.11 Å². The Morgan fingerprint density at radius 3 is 2.31 bits per heavy atom. The van der Waals surface area contributed by atoms with E-state index in [1.807, 2.05) is 32.0 Å². The zero-order valence-electron chi connectivity index (χ0n) is 9.14. The topological polar surface area (TPSA) is 55.1 Å². The third-order valence-electron chi connectivity index (χ3n) is 2.24. The SMILES string of the molecule is Cc1cc(C)cc(-n2ncc(O)cc2=O)c1. The van der Waals surface area contributed by atoms with Gasteiger partial charge in [-0.25, -0.2) is 0 Å². The molecule has 0 amide bonds. The summed E-state index contributed by atoms with van der Waals surface area (Å²) in [5.74, 6) is -0.120. The molecule has 2 aromatic rings. The van der Waals surface area contributed by atoms with E-state index in [0.717, 1.165) is 17.2 Å². The van der Waals surface area contributed by atoms with Crippen molar-refractivity contribution < 1.29 is 5.11 Å². The summed E-state index contributed by atoms with van der Waals surface area (Å²) >= 11 is 0. The molecule has 1 aromatic carbocycles. The minimum absolute atomic E-state index is 0.120. The second-order valence-corrected chi connectivity index (χ2v) is 3.81. The van der Waals surface area contributed by atoms with Crippen molar-refractivity contribution in [2.75, 3.05) is 0 Å². The highest BCUT2D eigenvalue weighted by Crippen LogP contribution is 2.11. The highest BCUT2D eigenvalue weighted by molar-refractivity contribution is 5.38. The van der Waals surface area contributed by atoms with Crippen LogP contribution in [0, 0.1) is 13.8 Å². The van der Waals surface area contributed by atoms with Gasteiger partial charge in [0.25, 0.3) is 5.56 Å². The van der Waals surface area contributed by atoms with E-state index in [1.165, 1.54) is 10.9 Å². The third-order valence-corrected chi connectivity index (χ3v) is 2.24. The molecule has 1 heterocycles. The van der Waals surface area contributed by atoms with Gasteiger partial charge in [0.2, 0.25) is 0 Å². The number of hydrogen-bond acceptors (Lipinski definition) is 3. The molecule has 0 saturated heterocycles. The molecule has 0 atom stereocenters. The zero-order chi connectivity index (χ0) is 11.7. The minimum Gasteiger partial charge on any atom is -0.506 e. The van der Waals surface area contributed by atoms with E-state index < -0.39 is 0 Å². The highest BCUT2D eigenvalue weighted by atomic mass is 16.3. The van der Waals surface area contributed by atoms with Crippen LogP contribution in [0.2, 0.25) is 0 Å². The van der Waals surface area contributed by atoms with Gasteiger partial charge in [0.1, 0.15) is 5.75 Å². The molecule has 4 heteroatoms. The van der Waals surface area contributed by atoms with E-state index in [9.17, 15) is 4.79 Å². The van der Waals surface area contributed by atoms with Gasteiger partial charge in [-0.2, -0.15) is 9.78 Å². The molecule has 0 bridgehead atoms. The lowest BCUT2D eigenvalue weighted by molar-refractivity contribution is 0.467. The van der Waals surface area contributed by atoms with E-state index in [0.29, 0.717) is 5.69 Å². The Morgan fingerprint density at radius 2 is 1.75 bits per heavy atom. The van der Waals surface area contributed by atoms with Crippen LogP contribution in [0.1, 0.15) is 11.1 Å². The van der Waals surface area contributed by atoms with Gasteiger partial charge in [-0.3, -0.25) is 4.79 Å². The predicted molar refractivity (Wildman–Crippen MR) is 61.0 cm³/mol. The predicted octanol–water partition coefficient (Wildman–Crippen LogP) is 1.55. The second-order valence-electron chi connectivity index (χ2n) is 3.81. The second kappa shape index (κ2) is 3.81. The van der Waals surface area contributed by atoms with Crippen LogP contribution in [0.25, 0.3) is 5.69 Å². The summed E-state index contributed by atoms with van der Waals surface area (Å²) in [6.07, 6.45) is 1.25. The van der Waals surface area contributed by atoms with Crippen molar-refractivity contribution in [2.24, 2.45) is 0 Å². The van der Waals surface area contributed by atoms with Crippen molar-refractivity contribution in [1.29, 1.82) is 0 Å². The lowest BCUT2D eigenvalue weighted by Crippen LogP contribution is -2.19. The number of aromatic hydroxyl groups is 1. The van der Waals surface area contributed by atoms with Gasteiger partial charge in [-0.15, -0.1) is 0 Å². The summed E-state index contributed by atoms with van der Waals surface area (Å²) < 4.78 is 1.26. The van der Waals surface area contributed by atoms with E-state index in [2.05, 4.69) is 5.10 Å². The fraction of sp³-hybridized carbons (Fsp3) is 0.167. The van der Waals surface area contributed by atoms with Crippen LogP contribution in [-0.2, 0) is 0 Å². The Labute approximate surface area is 92.8 Å². The normalized spacial score (nSPS) is 10.4. The molecule has 0 aliphatic carbocycles.